The molecule has 1 saturated carbocycles. The topological polar surface area (TPSA) is 78.8 Å². The number of carboxylic acid groups (broad SMARTS) is 1. The molecule has 0 aromatic heterocycles. The number of carbonyl (C=O) groups is 1. The highest BCUT2D eigenvalue weighted by Crippen LogP contribution is 2.45. The van der Waals surface area contributed by atoms with Crippen LogP contribution in [0.3, 0.4) is 0 Å². The second kappa shape index (κ2) is 12.1. The number of para-hydroxylation sites is 1. The summed E-state index contributed by atoms with van der Waals surface area (Å²) in [5, 5.41) is 21.2. The van der Waals surface area contributed by atoms with E-state index in [2.05, 4.69) is 6.07 Å². The maximum absolute atomic E-state index is 10.9. The molecule has 0 heterocycles. The van der Waals surface area contributed by atoms with Crippen LogP contribution in [0.15, 0.2) is 48.5 Å². The standard InChI is InChI=1S/C25H32O5S/c1-2-31-25(22(26)16-29-17-23(27)28)21-14-8-13-20(19-11-6-7-12-19)24(21)30-15-18-9-4-3-5-10-18/h3-5,8-10,13-14,19,22,25-26H,2,6-7,11-12,15-17H2,1H3,(H,27,28)/p-1. The van der Waals surface area contributed by atoms with E-state index >= 15 is 0 Å². The Labute approximate surface area is 188 Å². The predicted octanol–water partition coefficient (Wildman–Crippen LogP) is 3.84. The average Bonchev–Trinajstić information content (AvgIpc) is 3.31. The number of hydrogen-bond acceptors (Lipinski definition) is 6. The van der Waals surface area contributed by atoms with Gasteiger partial charge in [-0.1, -0.05) is 68.3 Å². The van der Waals surface area contributed by atoms with Crippen molar-refractivity contribution in [3.8, 4) is 5.75 Å². The second-order valence-electron chi connectivity index (χ2n) is 7.85. The molecule has 1 fully saturated rings. The molecule has 1 aliphatic carbocycles. The highest BCUT2D eigenvalue weighted by molar-refractivity contribution is 7.99. The quantitative estimate of drug-likeness (QED) is 0.537. The molecule has 0 amide bonds. The number of carbonyl (C=O) groups excluding carboxylic acids is 1. The number of carboxylic acids is 1. The highest BCUT2D eigenvalue weighted by Gasteiger charge is 2.29. The summed E-state index contributed by atoms with van der Waals surface area (Å²) in [6.07, 6.45) is 3.88. The van der Waals surface area contributed by atoms with E-state index in [4.69, 9.17) is 9.47 Å². The molecule has 31 heavy (non-hydrogen) atoms. The molecular formula is C25H31O5S-. The van der Waals surface area contributed by atoms with Crippen LogP contribution in [0.25, 0.3) is 0 Å². The van der Waals surface area contributed by atoms with Gasteiger partial charge in [-0.2, -0.15) is 11.8 Å². The molecule has 0 radical (unpaired) electrons. The first-order valence-corrected chi connectivity index (χ1v) is 12.0. The molecular weight excluding hydrogens is 412 g/mol. The van der Waals surface area contributed by atoms with E-state index in [1.54, 1.807) is 11.8 Å². The first-order valence-electron chi connectivity index (χ1n) is 11.0. The smallest absolute Gasteiger partial charge is 0.127 e. The predicted molar refractivity (Wildman–Crippen MR) is 121 cm³/mol. The zero-order chi connectivity index (χ0) is 22.1. The molecule has 6 heteroatoms. The molecule has 0 spiro atoms. The van der Waals surface area contributed by atoms with E-state index in [9.17, 15) is 15.0 Å². The van der Waals surface area contributed by atoms with Gasteiger partial charge in [0.25, 0.3) is 0 Å². The Morgan fingerprint density at radius 2 is 1.90 bits per heavy atom. The first-order chi connectivity index (χ1) is 15.1. The first kappa shape index (κ1) is 23.6. The summed E-state index contributed by atoms with van der Waals surface area (Å²) in [4.78, 5) is 10.7. The third-order valence-corrected chi connectivity index (χ3v) is 6.87. The van der Waals surface area contributed by atoms with Gasteiger partial charge in [0, 0.05) is 5.56 Å². The Morgan fingerprint density at radius 3 is 2.58 bits per heavy atom. The van der Waals surface area contributed by atoms with Crippen molar-refractivity contribution in [3.63, 3.8) is 0 Å². The van der Waals surface area contributed by atoms with Crippen LogP contribution in [0.4, 0.5) is 0 Å². The van der Waals surface area contributed by atoms with Crippen molar-refractivity contribution >= 4 is 17.7 Å². The molecule has 2 atom stereocenters. The van der Waals surface area contributed by atoms with E-state index in [0.29, 0.717) is 12.5 Å². The van der Waals surface area contributed by atoms with E-state index < -0.39 is 18.7 Å². The molecule has 2 aromatic carbocycles. The van der Waals surface area contributed by atoms with Gasteiger partial charge in [0.1, 0.15) is 12.4 Å². The van der Waals surface area contributed by atoms with Crippen LogP contribution in [-0.2, 0) is 16.1 Å². The molecule has 0 saturated heterocycles. The average molecular weight is 444 g/mol. The van der Waals surface area contributed by atoms with E-state index in [1.165, 1.54) is 18.4 Å². The lowest BCUT2D eigenvalue weighted by Gasteiger charge is -2.27. The van der Waals surface area contributed by atoms with Crippen LogP contribution in [0.1, 0.15) is 60.5 Å². The molecule has 1 aliphatic rings. The van der Waals surface area contributed by atoms with Gasteiger partial charge >= 0.3 is 0 Å². The van der Waals surface area contributed by atoms with Crippen molar-refractivity contribution in [2.45, 2.75) is 56.5 Å². The molecule has 168 valence electrons. The lowest BCUT2D eigenvalue weighted by atomic mass is 9.92. The molecule has 2 unspecified atom stereocenters. The van der Waals surface area contributed by atoms with Crippen molar-refractivity contribution in [1.29, 1.82) is 0 Å². The summed E-state index contributed by atoms with van der Waals surface area (Å²) in [5.74, 6) is 0.822. The maximum Gasteiger partial charge on any atom is 0.127 e. The minimum Gasteiger partial charge on any atom is -0.548 e. The van der Waals surface area contributed by atoms with Crippen molar-refractivity contribution in [1.82, 2.24) is 0 Å². The van der Waals surface area contributed by atoms with Crippen LogP contribution >= 0.6 is 11.8 Å². The van der Waals surface area contributed by atoms with Gasteiger partial charge < -0.3 is 24.5 Å². The van der Waals surface area contributed by atoms with Crippen molar-refractivity contribution in [3.05, 3.63) is 65.2 Å². The van der Waals surface area contributed by atoms with Crippen LogP contribution in [0.5, 0.6) is 5.75 Å². The monoisotopic (exact) mass is 443 g/mol. The Kier molecular flexibility index (Phi) is 9.25. The van der Waals surface area contributed by atoms with Gasteiger partial charge in [0.15, 0.2) is 0 Å². The van der Waals surface area contributed by atoms with Crippen molar-refractivity contribution in [2.75, 3.05) is 19.0 Å². The molecule has 1 N–H and O–H groups in total. The highest BCUT2D eigenvalue weighted by atomic mass is 32.2. The number of thioether (sulfide) groups is 1. The number of ether oxygens (including phenoxy) is 2. The van der Waals surface area contributed by atoms with E-state index in [0.717, 1.165) is 35.5 Å². The fourth-order valence-electron chi connectivity index (χ4n) is 4.19. The maximum atomic E-state index is 10.9. The van der Waals surface area contributed by atoms with Gasteiger partial charge in [0.2, 0.25) is 0 Å². The third kappa shape index (κ3) is 6.73. The molecule has 0 aliphatic heterocycles. The number of rotatable bonds is 12. The zero-order valence-corrected chi connectivity index (χ0v) is 18.8. The van der Waals surface area contributed by atoms with Crippen molar-refractivity contribution in [2.24, 2.45) is 0 Å². The van der Waals surface area contributed by atoms with Gasteiger partial charge in [-0.3, -0.25) is 0 Å². The minimum atomic E-state index is -1.29. The summed E-state index contributed by atoms with van der Waals surface area (Å²) in [7, 11) is 0. The lowest BCUT2D eigenvalue weighted by Crippen LogP contribution is -2.31. The Hall–Kier alpha value is -2.02. The van der Waals surface area contributed by atoms with Crippen LogP contribution < -0.4 is 9.84 Å². The van der Waals surface area contributed by atoms with Gasteiger partial charge in [0.05, 0.1) is 30.5 Å². The number of aliphatic hydroxyl groups excluding tert-OH is 1. The molecule has 0 bridgehead atoms. The Bertz CT molecular complexity index is 820. The van der Waals surface area contributed by atoms with Crippen LogP contribution in [0.2, 0.25) is 0 Å². The normalized spacial score (nSPS) is 16.2. The number of aliphatic hydroxyl groups is 1. The SMILES string of the molecule is CCSC(c1cccc(C2CCCC2)c1OCc1ccccc1)C(O)COCC(=O)[O-]. The summed E-state index contributed by atoms with van der Waals surface area (Å²) in [6.45, 7) is 1.90. The Morgan fingerprint density at radius 1 is 1.16 bits per heavy atom. The zero-order valence-electron chi connectivity index (χ0n) is 18.0. The summed E-state index contributed by atoms with van der Waals surface area (Å²) >= 11 is 1.61. The summed E-state index contributed by atoms with van der Waals surface area (Å²) < 4.78 is 11.6. The number of hydrogen-bond donors (Lipinski definition) is 1. The number of benzene rings is 2. The molecule has 5 nitrogen and oxygen atoms in total. The third-order valence-electron chi connectivity index (χ3n) is 5.61. The van der Waals surface area contributed by atoms with Crippen LogP contribution in [-0.4, -0.2) is 36.1 Å². The largest absolute Gasteiger partial charge is 0.548 e. The molecule has 2 aromatic rings. The Balaban J connectivity index is 1.89. The van der Waals surface area contributed by atoms with Gasteiger partial charge in [-0.05, 0) is 35.6 Å². The fraction of sp³-hybridized carbons (Fsp3) is 0.480. The van der Waals surface area contributed by atoms with Gasteiger partial charge in [-0.25, -0.2) is 0 Å². The van der Waals surface area contributed by atoms with Gasteiger partial charge in [-0.15, -0.1) is 0 Å². The van der Waals surface area contributed by atoms with E-state index in [1.807, 2.05) is 49.4 Å². The van der Waals surface area contributed by atoms with E-state index in [-0.39, 0.29) is 11.9 Å². The number of aliphatic carboxylic acids is 1. The lowest BCUT2D eigenvalue weighted by molar-refractivity contribution is -0.309. The van der Waals surface area contributed by atoms with Crippen molar-refractivity contribution < 1.29 is 24.5 Å². The summed E-state index contributed by atoms with van der Waals surface area (Å²) in [5.41, 5.74) is 3.24. The minimum absolute atomic E-state index is 0.0720. The molecule has 3 rings (SSSR count). The second-order valence-corrected chi connectivity index (χ2v) is 9.27. The summed E-state index contributed by atoms with van der Waals surface area (Å²) in [6, 6.07) is 16.2. The van der Waals surface area contributed by atoms with Crippen LogP contribution in [0, 0.1) is 0 Å². The fourth-order valence-corrected chi connectivity index (χ4v) is 5.22.